The van der Waals surface area contributed by atoms with Crippen LogP contribution in [-0.2, 0) is 4.79 Å². The highest BCUT2D eigenvalue weighted by molar-refractivity contribution is 5.93. The van der Waals surface area contributed by atoms with Crippen molar-refractivity contribution >= 4 is 24.0 Å². The van der Waals surface area contributed by atoms with Crippen molar-refractivity contribution in [1.82, 2.24) is 10.2 Å². The van der Waals surface area contributed by atoms with E-state index in [-0.39, 0.29) is 24.2 Å². The standard InChI is InChI=1S/C15H24N4O.ClH/c1-8-14(9(2)19-18-8)17-15(20)12-6-10-4-3-5-11(7-12)13(10)16;/h10-13H,3-7,16H2,1-2H3,(H,17,20)(H,18,19);1H. The number of aromatic amines is 1. The summed E-state index contributed by atoms with van der Waals surface area (Å²) < 4.78 is 0. The van der Waals surface area contributed by atoms with Gasteiger partial charge in [-0.15, -0.1) is 12.4 Å². The highest BCUT2D eigenvalue weighted by atomic mass is 35.5. The normalized spacial score (nSPS) is 31.4. The third-order valence-corrected chi connectivity index (χ3v) is 5.16. The molecule has 4 N–H and O–H groups in total. The van der Waals surface area contributed by atoms with Gasteiger partial charge in [-0.25, -0.2) is 0 Å². The second-order valence-electron chi connectivity index (χ2n) is 6.50. The van der Waals surface area contributed by atoms with Crippen molar-refractivity contribution in [3.63, 3.8) is 0 Å². The zero-order valence-corrected chi connectivity index (χ0v) is 13.5. The fourth-order valence-electron chi connectivity index (χ4n) is 3.96. The summed E-state index contributed by atoms with van der Waals surface area (Å²) in [4.78, 5) is 12.5. The van der Waals surface area contributed by atoms with E-state index in [2.05, 4.69) is 15.5 Å². The number of aromatic nitrogens is 2. The van der Waals surface area contributed by atoms with Gasteiger partial charge in [0.25, 0.3) is 0 Å². The summed E-state index contributed by atoms with van der Waals surface area (Å²) in [6, 6.07) is 0.310. The first-order chi connectivity index (χ1) is 9.56. The average Bonchev–Trinajstić information content (AvgIpc) is 2.70. The molecule has 2 bridgehead atoms. The van der Waals surface area contributed by atoms with E-state index >= 15 is 0 Å². The SMILES string of the molecule is Cc1n[nH]c(C)c1NC(=O)C1CC2CCCC(C1)C2N.Cl. The van der Waals surface area contributed by atoms with Gasteiger partial charge in [0.05, 0.1) is 17.1 Å². The fraction of sp³-hybridized carbons (Fsp3) is 0.733. The Morgan fingerprint density at radius 2 is 1.90 bits per heavy atom. The summed E-state index contributed by atoms with van der Waals surface area (Å²) in [5.74, 6) is 1.31. The number of hydrogen-bond acceptors (Lipinski definition) is 3. The number of carbonyl (C=O) groups excluding carboxylic acids is 1. The van der Waals surface area contributed by atoms with Crippen LogP contribution in [0.1, 0.15) is 43.5 Å². The molecule has 0 aromatic carbocycles. The van der Waals surface area contributed by atoms with Gasteiger partial charge in [-0.05, 0) is 51.4 Å². The molecule has 2 saturated carbocycles. The molecule has 2 atom stereocenters. The van der Waals surface area contributed by atoms with E-state index in [0.717, 1.165) is 29.9 Å². The number of nitrogens with two attached hydrogens (primary N) is 1. The van der Waals surface area contributed by atoms with Crippen LogP contribution in [0.15, 0.2) is 0 Å². The number of rotatable bonds is 2. The summed E-state index contributed by atoms with van der Waals surface area (Å²) in [7, 11) is 0. The molecule has 1 amide bonds. The van der Waals surface area contributed by atoms with E-state index in [0.29, 0.717) is 17.9 Å². The van der Waals surface area contributed by atoms with Crippen LogP contribution in [0.3, 0.4) is 0 Å². The lowest BCUT2D eigenvalue weighted by Gasteiger charge is -2.43. The van der Waals surface area contributed by atoms with Crippen LogP contribution in [0.25, 0.3) is 0 Å². The lowest BCUT2D eigenvalue weighted by atomic mass is 9.65. The molecular formula is C15H25ClN4O. The third kappa shape index (κ3) is 3.09. The van der Waals surface area contributed by atoms with Crippen molar-refractivity contribution in [2.45, 2.75) is 52.0 Å². The number of halogens is 1. The molecule has 1 heterocycles. The van der Waals surface area contributed by atoms with Gasteiger partial charge in [-0.3, -0.25) is 9.89 Å². The van der Waals surface area contributed by atoms with E-state index in [1.807, 2.05) is 13.8 Å². The van der Waals surface area contributed by atoms with Crippen molar-refractivity contribution < 1.29 is 4.79 Å². The Balaban J connectivity index is 0.00000161. The topological polar surface area (TPSA) is 83.8 Å². The molecule has 2 unspecified atom stereocenters. The Labute approximate surface area is 131 Å². The summed E-state index contributed by atoms with van der Waals surface area (Å²) in [6.45, 7) is 3.84. The number of anilines is 1. The quantitative estimate of drug-likeness (QED) is 0.784. The van der Waals surface area contributed by atoms with Crippen LogP contribution in [0.4, 0.5) is 5.69 Å². The Kier molecular flexibility index (Phi) is 4.94. The van der Waals surface area contributed by atoms with Gasteiger partial charge in [0.15, 0.2) is 0 Å². The van der Waals surface area contributed by atoms with Crippen LogP contribution < -0.4 is 11.1 Å². The Bertz CT molecular complexity index is 482. The van der Waals surface area contributed by atoms with Crippen LogP contribution in [0.2, 0.25) is 0 Å². The highest BCUT2D eigenvalue weighted by Crippen LogP contribution is 2.42. The van der Waals surface area contributed by atoms with Gasteiger partial charge in [-0.2, -0.15) is 5.10 Å². The smallest absolute Gasteiger partial charge is 0.227 e. The molecule has 5 nitrogen and oxygen atoms in total. The van der Waals surface area contributed by atoms with Crippen molar-refractivity contribution in [1.29, 1.82) is 0 Å². The minimum absolute atomic E-state index is 0. The maximum Gasteiger partial charge on any atom is 0.227 e. The molecule has 0 aliphatic heterocycles. The van der Waals surface area contributed by atoms with Crippen LogP contribution in [-0.4, -0.2) is 22.1 Å². The zero-order valence-electron chi connectivity index (χ0n) is 12.7. The maximum absolute atomic E-state index is 12.5. The first-order valence-corrected chi connectivity index (χ1v) is 7.64. The number of H-pyrrole nitrogens is 1. The fourth-order valence-corrected chi connectivity index (χ4v) is 3.96. The monoisotopic (exact) mass is 312 g/mol. The molecule has 2 aliphatic carbocycles. The van der Waals surface area contributed by atoms with Crippen LogP contribution in [0.5, 0.6) is 0 Å². The number of nitrogens with one attached hydrogen (secondary N) is 2. The van der Waals surface area contributed by atoms with E-state index in [1.54, 1.807) is 0 Å². The van der Waals surface area contributed by atoms with Crippen LogP contribution in [0, 0.1) is 31.6 Å². The van der Waals surface area contributed by atoms with Crippen molar-refractivity contribution in [3.05, 3.63) is 11.4 Å². The number of carbonyl (C=O) groups is 1. The largest absolute Gasteiger partial charge is 0.327 e. The average molecular weight is 313 g/mol. The number of fused-ring (bicyclic) bond motifs is 2. The summed E-state index contributed by atoms with van der Waals surface area (Å²) in [5, 5.41) is 10.1. The first-order valence-electron chi connectivity index (χ1n) is 7.64. The predicted molar refractivity (Wildman–Crippen MR) is 85.5 cm³/mol. The van der Waals surface area contributed by atoms with Crippen molar-refractivity contribution in [2.24, 2.45) is 23.5 Å². The van der Waals surface area contributed by atoms with Gasteiger partial charge in [-0.1, -0.05) is 6.42 Å². The second kappa shape index (κ2) is 6.36. The molecule has 1 aromatic heterocycles. The van der Waals surface area contributed by atoms with Crippen molar-refractivity contribution in [3.8, 4) is 0 Å². The first kappa shape index (κ1) is 16.3. The molecule has 21 heavy (non-hydrogen) atoms. The Morgan fingerprint density at radius 1 is 1.29 bits per heavy atom. The predicted octanol–water partition coefficient (Wildman–Crippen LogP) is 2.54. The van der Waals surface area contributed by atoms with Crippen molar-refractivity contribution in [2.75, 3.05) is 5.32 Å². The van der Waals surface area contributed by atoms with E-state index in [1.165, 1.54) is 19.3 Å². The molecular weight excluding hydrogens is 288 g/mol. The molecule has 6 heteroatoms. The number of aryl methyl sites for hydroxylation is 2. The molecule has 118 valence electrons. The minimum Gasteiger partial charge on any atom is -0.327 e. The second-order valence-corrected chi connectivity index (χ2v) is 6.50. The summed E-state index contributed by atoms with van der Waals surface area (Å²) in [5.41, 5.74) is 8.90. The van der Waals surface area contributed by atoms with Gasteiger partial charge in [0.2, 0.25) is 5.91 Å². The molecule has 3 rings (SSSR count). The number of amides is 1. The highest BCUT2D eigenvalue weighted by Gasteiger charge is 2.40. The number of nitrogens with zero attached hydrogens (tertiary/aromatic N) is 1. The molecule has 2 aliphatic rings. The molecule has 2 fully saturated rings. The third-order valence-electron chi connectivity index (χ3n) is 5.16. The molecule has 0 radical (unpaired) electrons. The minimum atomic E-state index is 0. The van der Waals surface area contributed by atoms with Gasteiger partial charge in [0, 0.05) is 12.0 Å². The van der Waals surface area contributed by atoms with E-state index in [9.17, 15) is 4.79 Å². The Hall–Kier alpha value is -1.07. The maximum atomic E-state index is 12.5. The van der Waals surface area contributed by atoms with Gasteiger partial charge in [0.1, 0.15) is 0 Å². The Morgan fingerprint density at radius 3 is 2.43 bits per heavy atom. The lowest BCUT2D eigenvalue weighted by molar-refractivity contribution is -0.122. The molecule has 1 aromatic rings. The summed E-state index contributed by atoms with van der Waals surface area (Å²) in [6.07, 6.45) is 5.53. The zero-order chi connectivity index (χ0) is 14.3. The van der Waals surface area contributed by atoms with Gasteiger partial charge < -0.3 is 11.1 Å². The lowest BCUT2D eigenvalue weighted by Crippen LogP contribution is -2.48. The van der Waals surface area contributed by atoms with E-state index < -0.39 is 0 Å². The molecule has 0 spiro atoms. The van der Waals surface area contributed by atoms with E-state index in [4.69, 9.17) is 5.73 Å². The van der Waals surface area contributed by atoms with Crippen LogP contribution >= 0.6 is 12.4 Å². The summed E-state index contributed by atoms with van der Waals surface area (Å²) >= 11 is 0. The number of hydrogen-bond donors (Lipinski definition) is 3. The van der Waals surface area contributed by atoms with Gasteiger partial charge >= 0.3 is 0 Å². The molecule has 0 saturated heterocycles.